The molecule has 0 radical (unpaired) electrons. The maximum Gasteiger partial charge on any atom is 0.242 e. The summed E-state index contributed by atoms with van der Waals surface area (Å²) in [6, 6.07) is 0. The Kier molecular flexibility index (Phi) is 4.75. The van der Waals surface area contributed by atoms with E-state index in [1.807, 2.05) is 20.8 Å². The van der Waals surface area contributed by atoms with Crippen LogP contribution >= 0.6 is 0 Å². The van der Waals surface area contributed by atoms with Gasteiger partial charge < -0.3 is 15.8 Å². The minimum atomic E-state index is 0.221. The van der Waals surface area contributed by atoms with Gasteiger partial charge in [-0.25, -0.2) is 4.98 Å². The second-order valence-electron chi connectivity index (χ2n) is 3.91. The topological polar surface area (TPSA) is 73.1 Å². The van der Waals surface area contributed by atoms with Gasteiger partial charge in [0.2, 0.25) is 5.88 Å². The molecule has 0 aliphatic heterocycles. The van der Waals surface area contributed by atoms with Crippen molar-refractivity contribution in [2.45, 2.75) is 26.7 Å². The van der Waals surface area contributed by atoms with Gasteiger partial charge in [-0.1, -0.05) is 19.9 Å². The SMILES string of the molecule is C=CCNc1nc(C(C)C)nc(OCC)c1N. The van der Waals surface area contributed by atoms with Crippen LogP contribution < -0.4 is 15.8 Å². The molecule has 1 heterocycles. The second-order valence-corrected chi connectivity index (χ2v) is 3.91. The summed E-state index contributed by atoms with van der Waals surface area (Å²) < 4.78 is 5.41. The molecule has 0 bridgehead atoms. The molecule has 5 heteroatoms. The van der Waals surface area contributed by atoms with E-state index in [1.54, 1.807) is 6.08 Å². The van der Waals surface area contributed by atoms with Crippen molar-refractivity contribution in [3.63, 3.8) is 0 Å². The van der Waals surface area contributed by atoms with E-state index in [2.05, 4.69) is 21.9 Å². The number of aromatic nitrogens is 2. The second kappa shape index (κ2) is 6.08. The lowest BCUT2D eigenvalue weighted by atomic mass is 10.2. The molecule has 0 fully saturated rings. The summed E-state index contributed by atoms with van der Waals surface area (Å²) >= 11 is 0. The van der Waals surface area contributed by atoms with Crippen LogP contribution in [-0.4, -0.2) is 23.1 Å². The standard InChI is InChI=1S/C12H20N4O/c1-5-7-14-11-9(13)12(17-6-2)16-10(15-11)8(3)4/h5,8H,1,6-7,13H2,2-4H3,(H,14,15,16). The highest BCUT2D eigenvalue weighted by Crippen LogP contribution is 2.28. The Morgan fingerprint density at radius 3 is 2.71 bits per heavy atom. The van der Waals surface area contributed by atoms with Gasteiger partial charge in [-0.3, -0.25) is 0 Å². The first-order valence-corrected chi connectivity index (χ1v) is 5.75. The van der Waals surface area contributed by atoms with Gasteiger partial charge in [0.1, 0.15) is 11.5 Å². The van der Waals surface area contributed by atoms with Crippen LogP contribution in [0.25, 0.3) is 0 Å². The quantitative estimate of drug-likeness (QED) is 0.741. The molecule has 0 saturated carbocycles. The van der Waals surface area contributed by atoms with Crippen LogP contribution in [0, 0.1) is 0 Å². The zero-order valence-electron chi connectivity index (χ0n) is 10.7. The van der Waals surface area contributed by atoms with Gasteiger partial charge in [0, 0.05) is 12.5 Å². The van der Waals surface area contributed by atoms with E-state index >= 15 is 0 Å². The van der Waals surface area contributed by atoms with Gasteiger partial charge >= 0.3 is 0 Å². The summed E-state index contributed by atoms with van der Waals surface area (Å²) in [6.45, 7) is 10.7. The third-order valence-electron chi connectivity index (χ3n) is 2.14. The van der Waals surface area contributed by atoms with E-state index in [1.165, 1.54) is 0 Å². The van der Waals surface area contributed by atoms with Crippen molar-refractivity contribution in [1.82, 2.24) is 9.97 Å². The van der Waals surface area contributed by atoms with E-state index in [-0.39, 0.29) is 5.92 Å². The third kappa shape index (κ3) is 3.34. The van der Waals surface area contributed by atoms with E-state index in [0.29, 0.717) is 36.4 Å². The van der Waals surface area contributed by atoms with E-state index in [4.69, 9.17) is 10.5 Å². The average Bonchev–Trinajstić information content (AvgIpc) is 2.30. The van der Waals surface area contributed by atoms with E-state index in [0.717, 1.165) is 0 Å². The van der Waals surface area contributed by atoms with Crippen LogP contribution in [0.1, 0.15) is 32.5 Å². The van der Waals surface area contributed by atoms with Gasteiger partial charge in [0.25, 0.3) is 0 Å². The van der Waals surface area contributed by atoms with E-state index < -0.39 is 0 Å². The minimum absolute atomic E-state index is 0.221. The van der Waals surface area contributed by atoms with E-state index in [9.17, 15) is 0 Å². The highest BCUT2D eigenvalue weighted by Gasteiger charge is 2.14. The van der Waals surface area contributed by atoms with Crippen LogP contribution in [0.15, 0.2) is 12.7 Å². The van der Waals surface area contributed by atoms with Crippen molar-refractivity contribution >= 4 is 11.5 Å². The normalized spacial score (nSPS) is 10.4. The number of nitrogens with zero attached hydrogens (tertiary/aromatic N) is 2. The Bertz CT molecular complexity index is 390. The smallest absolute Gasteiger partial charge is 0.242 e. The maximum absolute atomic E-state index is 5.93. The van der Waals surface area contributed by atoms with Crippen LogP contribution in [0.3, 0.4) is 0 Å². The Morgan fingerprint density at radius 2 is 2.18 bits per heavy atom. The van der Waals surface area contributed by atoms with Gasteiger partial charge in [0.15, 0.2) is 5.82 Å². The highest BCUT2D eigenvalue weighted by molar-refractivity contribution is 5.67. The largest absolute Gasteiger partial charge is 0.476 e. The number of hydrogen-bond acceptors (Lipinski definition) is 5. The summed E-state index contributed by atoms with van der Waals surface area (Å²) in [7, 11) is 0. The zero-order chi connectivity index (χ0) is 12.8. The van der Waals surface area contributed by atoms with Crippen LogP contribution in [0.5, 0.6) is 5.88 Å². The molecule has 0 aromatic carbocycles. The maximum atomic E-state index is 5.93. The van der Waals surface area contributed by atoms with Crippen molar-refractivity contribution in [2.75, 3.05) is 24.2 Å². The average molecular weight is 236 g/mol. The molecular formula is C12H20N4O. The number of nitrogen functional groups attached to an aromatic ring is 1. The molecular weight excluding hydrogens is 216 g/mol. The molecule has 0 aliphatic rings. The molecule has 1 rings (SSSR count). The number of hydrogen-bond donors (Lipinski definition) is 2. The molecule has 17 heavy (non-hydrogen) atoms. The summed E-state index contributed by atoms with van der Waals surface area (Å²) in [4.78, 5) is 8.68. The number of nitrogens with two attached hydrogens (primary N) is 1. The van der Waals surface area contributed by atoms with Crippen LogP contribution in [0.4, 0.5) is 11.5 Å². The summed E-state index contributed by atoms with van der Waals surface area (Å²) in [5.41, 5.74) is 6.38. The number of nitrogens with one attached hydrogen (secondary N) is 1. The lowest BCUT2D eigenvalue weighted by Crippen LogP contribution is -2.11. The van der Waals surface area contributed by atoms with Gasteiger partial charge in [-0.15, -0.1) is 6.58 Å². The van der Waals surface area contributed by atoms with Gasteiger partial charge in [-0.2, -0.15) is 4.98 Å². The Balaban J connectivity index is 3.12. The van der Waals surface area contributed by atoms with Crippen LogP contribution in [-0.2, 0) is 0 Å². The molecule has 3 N–H and O–H groups in total. The Labute approximate surface area is 102 Å². The van der Waals surface area contributed by atoms with Crippen molar-refractivity contribution in [2.24, 2.45) is 0 Å². The fourth-order valence-corrected chi connectivity index (χ4v) is 1.27. The third-order valence-corrected chi connectivity index (χ3v) is 2.14. The predicted molar refractivity (Wildman–Crippen MR) is 70.4 cm³/mol. The molecule has 94 valence electrons. The molecule has 0 spiro atoms. The van der Waals surface area contributed by atoms with Crippen molar-refractivity contribution in [3.05, 3.63) is 18.5 Å². The zero-order valence-corrected chi connectivity index (χ0v) is 10.7. The van der Waals surface area contributed by atoms with Crippen molar-refractivity contribution < 1.29 is 4.74 Å². The summed E-state index contributed by atoms with van der Waals surface area (Å²) in [5.74, 6) is 1.98. The van der Waals surface area contributed by atoms with Crippen LogP contribution in [0.2, 0.25) is 0 Å². The Morgan fingerprint density at radius 1 is 1.47 bits per heavy atom. The molecule has 0 aliphatic carbocycles. The van der Waals surface area contributed by atoms with Crippen molar-refractivity contribution in [3.8, 4) is 5.88 Å². The molecule has 1 aromatic heterocycles. The van der Waals surface area contributed by atoms with Gasteiger partial charge in [0.05, 0.1) is 6.61 Å². The minimum Gasteiger partial charge on any atom is -0.476 e. The van der Waals surface area contributed by atoms with Gasteiger partial charge in [-0.05, 0) is 6.92 Å². The number of rotatable bonds is 6. The summed E-state index contributed by atoms with van der Waals surface area (Å²) in [5, 5.41) is 3.08. The first-order valence-electron chi connectivity index (χ1n) is 5.75. The molecule has 0 amide bonds. The summed E-state index contributed by atoms with van der Waals surface area (Å²) in [6.07, 6.45) is 1.75. The number of ether oxygens (including phenoxy) is 1. The molecule has 0 saturated heterocycles. The predicted octanol–water partition coefficient (Wildman–Crippen LogP) is 2.18. The monoisotopic (exact) mass is 236 g/mol. The van der Waals surface area contributed by atoms with Crippen molar-refractivity contribution in [1.29, 1.82) is 0 Å². The number of anilines is 2. The highest BCUT2D eigenvalue weighted by atomic mass is 16.5. The molecule has 0 unspecified atom stereocenters. The fourth-order valence-electron chi connectivity index (χ4n) is 1.27. The molecule has 0 atom stereocenters. The molecule has 1 aromatic rings. The fraction of sp³-hybridized carbons (Fsp3) is 0.500. The first kappa shape index (κ1) is 13.3. The lowest BCUT2D eigenvalue weighted by molar-refractivity contribution is 0.326. The lowest BCUT2D eigenvalue weighted by Gasteiger charge is -2.14. The Hall–Kier alpha value is -1.78. The molecule has 5 nitrogen and oxygen atoms in total. The first-order chi connectivity index (χ1) is 8.10.